The van der Waals surface area contributed by atoms with Crippen molar-refractivity contribution in [2.75, 3.05) is 5.73 Å². The fraction of sp³-hybridized carbons (Fsp3) is 0.273. The van der Waals surface area contributed by atoms with E-state index >= 15 is 0 Å². The second-order valence-corrected chi connectivity index (χ2v) is 3.98. The van der Waals surface area contributed by atoms with Gasteiger partial charge in [0.25, 0.3) is 5.95 Å². The Bertz CT molecular complexity index is 584. The first-order chi connectivity index (χ1) is 8.50. The van der Waals surface area contributed by atoms with Crippen molar-refractivity contribution in [3.63, 3.8) is 0 Å². The van der Waals surface area contributed by atoms with Crippen LogP contribution in [0.25, 0.3) is 5.95 Å². The van der Waals surface area contributed by atoms with Crippen molar-refractivity contribution in [2.24, 2.45) is 0 Å². The maximum absolute atomic E-state index is 5.59. The van der Waals surface area contributed by atoms with Gasteiger partial charge in [0.2, 0.25) is 5.95 Å². The van der Waals surface area contributed by atoms with Crippen LogP contribution in [0.2, 0.25) is 0 Å². The predicted octanol–water partition coefficient (Wildman–Crippen LogP) is 0.430. The van der Waals surface area contributed by atoms with Crippen LogP contribution >= 0.6 is 0 Å². The molecule has 0 aliphatic rings. The molecule has 0 atom stereocenters. The minimum Gasteiger partial charge on any atom is -0.444 e. The van der Waals surface area contributed by atoms with Crippen molar-refractivity contribution in [1.29, 1.82) is 0 Å². The maximum Gasteiger partial charge on any atom is 0.324 e. The van der Waals surface area contributed by atoms with Crippen molar-refractivity contribution in [3.8, 4) is 24.3 Å². The number of aromatic nitrogens is 5. The van der Waals surface area contributed by atoms with Crippen molar-refractivity contribution < 1.29 is 4.74 Å². The van der Waals surface area contributed by atoms with E-state index in [-0.39, 0.29) is 17.9 Å². The zero-order valence-electron chi connectivity index (χ0n) is 10.0. The SMILES string of the molecule is C#CC(C)(C)Oc1nc(N)nc(-n2cccn2)n1. The molecule has 0 bridgehead atoms. The van der Waals surface area contributed by atoms with E-state index in [1.54, 1.807) is 32.3 Å². The second kappa shape index (κ2) is 4.33. The second-order valence-electron chi connectivity index (χ2n) is 3.98. The van der Waals surface area contributed by atoms with Crippen molar-refractivity contribution in [3.05, 3.63) is 18.5 Å². The minimum atomic E-state index is -0.824. The van der Waals surface area contributed by atoms with Gasteiger partial charge in [-0.05, 0) is 19.9 Å². The van der Waals surface area contributed by atoms with E-state index in [1.807, 2.05) is 0 Å². The first-order valence-corrected chi connectivity index (χ1v) is 5.18. The molecular weight excluding hydrogens is 232 g/mol. The van der Waals surface area contributed by atoms with E-state index < -0.39 is 5.60 Å². The molecule has 0 radical (unpaired) electrons. The molecule has 2 N–H and O–H groups in total. The van der Waals surface area contributed by atoms with E-state index in [1.165, 1.54) is 4.68 Å². The number of nitrogen functional groups attached to an aromatic ring is 1. The number of terminal acetylenes is 1. The van der Waals surface area contributed by atoms with E-state index in [2.05, 4.69) is 26.0 Å². The molecule has 2 heterocycles. The molecule has 0 saturated heterocycles. The van der Waals surface area contributed by atoms with Crippen LogP contribution < -0.4 is 10.5 Å². The molecule has 2 rings (SSSR count). The summed E-state index contributed by atoms with van der Waals surface area (Å²) in [7, 11) is 0. The zero-order chi connectivity index (χ0) is 13.2. The van der Waals surface area contributed by atoms with E-state index in [0.717, 1.165) is 0 Å². The summed E-state index contributed by atoms with van der Waals surface area (Å²) in [5, 5.41) is 4.00. The van der Waals surface area contributed by atoms with Crippen molar-refractivity contribution in [2.45, 2.75) is 19.4 Å². The third kappa shape index (κ3) is 2.55. The van der Waals surface area contributed by atoms with Gasteiger partial charge in [0, 0.05) is 12.4 Å². The van der Waals surface area contributed by atoms with Crippen LogP contribution in [0.1, 0.15) is 13.8 Å². The number of nitrogens with two attached hydrogens (primary N) is 1. The lowest BCUT2D eigenvalue weighted by atomic mass is 10.2. The summed E-state index contributed by atoms with van der Waals surface area (Å²) in [4.78, 5) is 11.9. The number of hydrogen-bond donors (Lipinski definition) is 1. The van der Waals surface area contributed by atoms with Crippen LogP contribution in [0.5, 0.6) is 6.01 Å². The molecule has 0 fully saturated rings. The fourth-order valence-corrected chi connectivity index (χ4v) is 1.15. The molecule has 0 aliphatic heterocycles. The minimum absolute atomic E-state index is 0.0401. The number of anilines is 1. The predicted molar refractivity (Wildman–Crippen MR) is 64.9 cm³/mol. The zero-order valence-corrected chi connectivity index (χ0v) is 10.0. The smallest absolute Gasteiger partial charge is 0.324 e. The van der Waals surface area contributed by atoms with Gasteiger partial charge in [-0.3, -0.25) is 0 Å². The van der Waals surface area contributed by atoms with Crippen molar-refractivity contribution in [1.82, 2.24) is 24.7 Å². The van der Waals surface area contributed by atoms with Gasteiger partial charge < -0.3 is 10.5 Å². The third-order valence-electron chi connectivity index (χ3n) is 2.02. The summed E-state index contributed by atoms with van der Waals surface area (Å²) in [6.45, 7) is 3.45. The Morgan fingerprint density at radius 1 is 1.39 bits per heavy atom. The van der Waals surface area contributed by atoms with Gasteiger partial charge in [-0.2, -0.15) is 20.1 Å². The maximum atomic E-state index is 5.59. The number of rotatable bonds is 3. The monoisotopic (exact) mass is 244 g/mol. The summed E-state index contributed by atoms with van der Waals surface area (Å²) in [5.41, 5.74) is 4.77. The fourth-order valence-electron chi connectivity index (χ4n) is 1.15. The van der Waals surface area contributed by atoms with Crippen molar-refractivity contribution >= 4 is 5.95 Å². The highest BCUT2D eigenvalue weighted by molar-refractivity contribution is 5.25. The highest BCUT2D eigenvalue weighted by Gasteiger charge is 2.19. The van der Waals surface area contributed by atoms with Crippen LogP contribution in [-0.4, -0.2) is 30.3 Å². The lowest BCUT2D eigenvalue weighted by Crippen LogP contribution is -2.27. The molecule has 18 heavy (non-hydrogen) atoms. The number of ether oxygens (including phenoxy) is 1. The first-order valence-electron chi connectivity index (χ1n) is 5.18. The summed E-state index contributed by atoms with van der Waals surface area (Å²) in [6.07, 6.45) is 8.62. The molecule has 92 valence electrons. The van der Waals surface area contributed by atoms with Crippen LogP contribution in [0.15, 0.2) is 18.5 Å². The molecule has 7 heteroatoms. The standard InChI is InChI=1S/C11H12N6O/c1-4-11(2,3)18-10-15-8(12)14-9(16-10)17-7-5-6-13-17/h1,5-7H,2-3H3,(H2,12,14,15,16). The van der Waals surface area contributed by atoms with Crippen LogP contribution in [-0.2, 0) is 0 Å². The summed E-state index contributed by atoms with van der Waals surface area (Å²) < 4.78 is 6.90. The Hall–Kier alpha value is -2.62. The average Bonchev–Trinajstić information content (AvgIpc) is 2.81. The lowest BCUT2D eigenvalue weighted by Gasteiger charge is -2.18. The Morgan fingerprint density at radius 2 is 2.17 bits per heavy atom. The topological polar surface area (TPSA) is 91.7 Å². The van der Waals surface area contributed by atoms with Gasteiger partial charge in [0.1, 0.15) is 0 Å². The highest BCUT2D eigenvalue weighted by atomic mass is 16.5. The van der Waals surface area contributed by atoms with E-state index in [9.17, 15) is 0 Å². The van der Waals surface area contributed by atoms with Crippen LogP contribution in [0, 0.1) is 12.3 Å². The molecule has 0 aliphatic carbocycles. The molecule has 7 nitrogen and oxygen atoms in total. The molecule has 0 aromatic carbocycles. The van der Waals surface area contributed by atoms with E-state index in [4.69, 9.17) is 16.9 Å². The van der Waals surface area contributed by atoms with Gasteiger partial charge in [-0.25, -0.2) is 4.68 Å². The largest absolute Gasteiger partial charge is 0.444 e. The quantitative estimate of drug-likeness (QED) is 0.787. The van der Waals surface area contributed by atoms with Gasteiger partial charge in [0.15, 0.2) is 5.60 Å². The van der Waals surface area contributed by atoms with Gasteiger partial charge in [-0.15, -0.1) is 6.42 Å². The van der Waals surface area contributed by atoms with Gasteiger partial charge in [0.05, 0.1) is 0 Å². The number of nitrogens with zero attached hydrogens (tertiary/aromatic N) is 5. The molecule has 0 unspecified atom stereocenters. The first kappa shape index (κ1) is 11.9. The van der Waals surface area contributed by atoms with E-state index in [0.29, 0.717) is 0 Å². The van der Waals surface area contributed by atoms with Gasteiger partial charge in [-0.1, -0.05) is 5.92 Å². The number of hydrogen-bond acceptors (Lipinski definition) is 6. The molecule has 0 amide bonds. The summed E-state index contributed by atoms with van der Waals surface area (Å²) in [5.74, 6) is 2.79. The Kier molecular flexibility index (Phi) is 2.85. The van der Waals surface area contributed by atoms with Crippen LogP contribution in [0.4, 0.5) is 5.95 Å². The Labute approximate surface area is 104 Å². The molecule has 0 spiro atoms. The lowest BCUT2D eigenvalue weighted by molar-refractivity contribution is 0.156. The summed E-state index contributed by atoms with van der Waals surface area (Å²) >= 11 is 0. The highest BCUT2D eigenvalue weighted by Crippen LogP contribution is 2.14. The Balaban J connectivity index is 2.37. The molecule has 0 saturated carbocycles. The summed E-state index contributed by atoms with van der Waals surface area (Å²) in [6, 6.07) is 1.81. The average molecular weight is 244 g/mol. The van der Waals surface area contributed by atoms with Crippen LogP contribution in [0.3, 0.4) is 0 Å². The molecule has 2 aromatic rings. The third-order valence-corrected chi connectivity index (χ3v) is 2.02. The normalized spacial score (nSPS) is 10.9. The molecule has 2 aromatic heterocycles. The Morgan fingerprint density at radius 3 is 2.78 bits per heavy atom. The van der Waals surface area contributed by atoms with Gasteiger partial charge >= 0.3 is 6.01 Å². The molecular formula is C11H12N6O.